The lowest BCUT2D eigenvalue weighted by molar-refractivity contribution is 1.44. The van der Waals surface area contributed by atoms with Crippen molar-refractivity contribution >= 4 is 23.1 Å². The molecule has 1 N–H and O–H groups in total. The first kappa shape index (κ1) is 3.87. The summed E-state index contributed by atoms with van der Waals surface area (Å²) < 4.78 is 0. The third-order valence-corrected chi connectivity index (χ3v) is 1.20. The van der Waals surface area contributed by atoms with Gasteiger partial charge in [-0.1, -0.05) is 0 Å². The molecule has 3 heteroatoms. The summed E-state index contributed by atoms with van der Waals surface area (Å²) in [5.41, 5.74) is 1.70. The maximum absolute atomic E-state index is 6.83. The van der Waals surface area contributed by atoms with Gasteiger partial charge in [0.15, 0.2) is 0 Å². The number of amidine groups is 1. The minimum Gasteiger partial charge on any atom is -0.286 e. The van der Waals surface area contributed by atoms with Crippen LogP contribution in [0.3, 0.4) is 0 Å². The molecule has 2 nitrogen and oxygen atoms in total. The van der Waals surface area contributed by atoms with E-state index in [0.29, 0.717) is 5.84 Å². The molecule has 6 heavy (non-hydrogen) atoms. The molecule has 0 amide bonds. The van der Waals surface area contributed by atoms with Crippen LogP contribution < -0.4 is 0 Å². The van der Waals surface area contributed by atoms with E-state index in [1.807, 2.05) is 0 Å². The van der Waals surface area contributed by atoms with Crippen LogP contribution in [0.15, 0.2) is 4.99 Å². The molecular weight excluding hydrogens is 96.1 g/mol. The molecule has 0 saturated carbocycles. The quantitative estimate of drug-likeness (QED) is 0.479. The smallest absolute Gasteiger partial charge is 0.131 e. The summed E-state index contributed by atoms with van der Waals surface area (Å²) in [5, 5.41) is 6.83. The topological polar surface area (TPSA) is 36.2 Å². The van der Waals surface area contributed by atoms with Crippen molar-refractivity contribution in [2.24, 2.45) is 4.99 Å². The largest absolute Gasteiger partial charge is 0.286 e. The van der Waals surface area contributed by atoms with Gasteiger partial charge < -0.3 is 0 Å². The molecule has 0 radical (unpaired) electrons. The minimum atomic E-state index is 0.486. The van der Waals surface area contributed by atoms with Crippen LogP contribution in [0.25, 0.3) is 0 Å². The van der Waals surface area contributed by atoms with Gasteiger partial charge >= 0.3 is 0 Å². The van der Waals surface area contributed by atoms with Gasteiger partial charge in [-0.25, -0.2) is 4.99 Å². The number of thioether (sulfide) groups is 1. The normalized spacial score (nSPS) is 19.7. The summed E-state index contributed by atoms with van der Waals surface area (Å²) in [5.74, 6) is 1.25. The summed E-state index contributed by atoms with van der Waals surface area (Å²) in [6.45, 7) is 0. The van der Waals surface area contributed by atoms with Gasteiger partial charge in [0.25, 0.3) is 0 Å². The zero-order valence-corrected chi connectivity index (χ0v) is 3.96. The Morgan fingerprint density at radius 1 is 2.00 bits per heavy atom. The molecule has 0 unspecified atom stereocenters. The molecule has 1 aliphatic rings. The average Bonchev–Trinajstić information content (AvgIpc) is 1.86. The van der Waals surface area contributed by atoms with E-state index in [0.717, 1.165) is 5.75 Å². The first-order chi connectivity index (χ1) is 2.89. The van der Waals surface area contributed by atoms with Crippen LogP contribution in [-0.2, 0) is 0 Å². The molecule has 0 saturated heterocycles. The van der Waals surface area contributed by atoms with Crippen LogP contribution in [0.5, 0.6) is 0 Å². The zero-order valence-electron chi connectivity index (χ0n) is 3.14. The van der Waals surface area contributed by atoms with Crippen LogP contribution >= 0.6 is 11.8 Å². The highest BCUT2D eigenvalue weighted by atomic mass is 32.2. The van der Waals surface area contributed by atoms with Crippen LogP contribution in [0, 0.1) is 5.41 Å². The Hall–Kier alpha value is -0.310. The van der Waals surface area contributed by atoms with Gasteiger partial charge in [0, 0.05) is 0 Å². The van der Waals surface area contributed by atoms with E-state index in [9.17, 15) is 0 Å². The van der Waals surface area contributed by atoms with E-state index in [4.69, 9.17) is 5.41 Å². The van der Waals surface area contributed by atoms with Crippen molar-refractivity contribution in [3.05, 3.63) is 0 Å². The Morgan fingerprint density at radius 2 is 2.83 bits per heavy atom. The third kappa shape index (κ3) is 0.597. The Bertz CT molecular complexity index is 97.0. The van der Waals surface area contributed by atoms with Gasteiger partial charge in [-0.3, -0.25) is 5.41 Å². The molecule has 1 rings (SSSR count). The second-order valence-electron chi connectivity index (χ2n) is 0.992. The van der Waals surface area contributed by atoms with Crippen molar-refractivity contribution in [1.29, 1.82) is 5.41 Å². The van der Waals surface area contributed by atoms with E-state index in [-0.39, 0.29) is 0 Å². The molecule has 32 valence electrons. The Kier molecular flexibility index (Phi) is 0.919. The number of hydrogen-bond acceptors (Lipinski definition) is 2. The second-order valence-corrected chi connectivity index (χ2v) is 1.83. The third-order valence-electron chi connectivity index (χ3n) is 0.503. The van der Waals surface area contributed by atoms with Gasteiger partial charge in [-0.2, -0.15) is 0 Å². The monoisotopic (exact) mass is 100 g/mol. The molecule has 0 aromatic heterocycles. The molecule has 0 spiro atoms. The molecule has 0 bridgehead atoms. The first-order valence-electron chi connectivity index (χ1n) is 1.61. The number of aliphatic imine (C=N–C) groups is 1. The molecule has 1 aliphatic heterocycles. The van der Waals surface area contributed by atoms with E-state index >= 15 is 0 Å². The molecule has 0 atom stereocenters. The SMILES string of the molecule is N=C1CSC=N1. The summed E-state index contributed by atoms with van der Waals surface area (Å²) in [6, 6.07) is 0. The molecular formula is C3H4N2S. The van der Waals surface area contributed by atoms with Crippen LogP contribution in [0.4, 0.5) is 0 Å². The molecule has 1 heterocycles. The summed E-state index contributed by atoms with van der Waals surface area (Å²) in [4.78, 5) is 3.66. The van der Waals surface area contributed by atoms with E-state index in [1.54, 1.807) is 17.3 Å². The predicted molar refractivity (Wildman–Crippen MR) is 28.7 cm³/mol. The van der Waals surface area contributed by atoms with Gasteiger partial charge in [0.2, 0.25) is 0 Å². The fourth-order valence-electron chi connectivity index (χ4n) is 0.254. The average molecular weight is 100 g/mol. The fourth-order valence-corrected chi connectivity index (χ4v) is 0.763. The minimum absolute atomic E-state index is 0.486. The standard InChI is InChI=1S/C3H4N2S/c4-3-1-6-2-5-3/h2,4H,1H2. The first-order valence-corrected chi connectivity index (χ1v) is 2.66. The van der Waals surface area contributed by atoms with E-state index < -0.39 is 0 Å². The molecule has 0 fully saturated rings. The Labute approximate surface area is 40.2 Å². The highest BCUT2D eigenvalue weighted by Crippen LogP contribution is 2.02. The summed E-state index contributed by atoms with van der Waals surface area (Å²) >= 11 is 1.57. The van der Waals surface area contributed by atoms with E-state index in [2.05, 4.69) is 4.99 Å². The number of nitrogens with zero attached hydrogens (tertiary/aromatic N) is 1. The molecule has 0 aromatic rings. The van der Waals surface area contributed by atoms with Crippen molar-refractivity contribution in [2.45, 2.75) is 0 Å². The van der Waals surface area contributed by atoms with Gasteiger partial charge in [-0.05, 0) is 0 Å². The highest BCUT2D eigenvalue weighted by molar-refractivity contribution is 8.13. The maximum Gasteiger partial charge on any atom is 0.131 e. The van der Waals surface area contributed by atoms with Crippen LogP contribution in [0.2, 0.25) is 0 Å². The lowest BCUT2D eigenvalue weighted by Gasteiger charge is -1.73. The number of rotatable bonds is 0. The Balaban J connectivity index is 2.59. The van der Waals surface area contributed by atoms with Gasteiger partial charge in [0.1, 0.15) is 5.84 Å². The molecule has 0 aromatic carbocycles. The maximum atomic E-state index is 6.83. The van der Waals surface area contributed by atoms with Crippen molar-refractivity contribution in [3.8, 4) is 0 Å². The Morgan fingerprint density at radius 3 is 3.00 bits per heavy atom. The van der Waals surface area contributed by atoms with Gasteiger partial charge in [-0.15, -0.1) is 11.8 Å². The van der Waals surface area contributed by atoms with Crippen molar-refractivity contribution in [1.82, 2.24) is 0 Å². The summed E-state index contributed by atoms with van der Waals surface area (Å²) in [6.07, 6.45) is 0. The highest BCUT2D eigenvalue weighted by Gasteiger charge is 1.96. The fraction of sp³-hybridized carbons (Fsp3) is 0.333. The predicted octanol–water partition coefficient (Wildman–Crippen LogP) is 0.739. The summed E-state index contributed by atoms with van der Waals surface area (Å²) in [7, 11) is 0. The van der Waals surface area contributed by atoms with Gasteiger partial charge in [0.05, 0.1) is 11.3 Å². The zero-order chi connectivity index (χ0) is 4.41. The van der Waals surface area contributed by atoms with Crippen molar-refractivity contribution < 1.29 is 0 Å². The second kappa shape index (κ2) is 1.43. The van der Waals surface area contributed by atoms with Crippen molar-refractivity contribution in [2.75, 3.05) is 5.75 Å². The van der Waals surface area contributed by atoms with Crippen LogP contribution in [0.1, 0.15) is 0 Å². The number of hydrogen-bond donors (Lipinski definition) is 1. The lowest BCUT2D eigenvalue weighted by Crippen LogP contribution is -1.84. The van der Waals surface area contributed by atoms with Crippen molar-refractivity contribution in [3.63, 3.8) is 0 Å². The van der Waals surface area contributed by atoms with E-state index in [1.165, 1.54) is 0 Å². The van der Waals surface area contributed by atoms with Crippen LogP contribution in [-0.4, -0.2) is 17.1 Å². The number of nitrogens with one attached hydrogen (secondary N) is 1. The lowest BCUT2D eigenvalue weighted by atomic mass is 10.7. The molecule has 0 aliphatic carbocycles.